The van der Waals surface area contributed by atoms with Gasteiger partial charge in [0.25, 0.3) is 0 Å². The highest BCUT2D eigenvalue weighted by Crippen LogP contribution is 2.69. The molecule has 8 atom stereocenters. The van der Waals surface area contributed by atoms with Gasteiger partial charge in [-0.2, -0.15) is 0 Å². The van der Waals surface area contributed by atoms with Crippen LogP contribution >= 0.6 is 11.6 Å². The first-order chi connectivity index (χ1) is 11.7. The summed E-state index contributed by atoms with van der Waals surface area (Å²) in [6.07, 6.45) is 9.44. The van der Waals surface area contributed by atoms with Gasteiger partial charge in [-0.05, 0) is 64.7 Å². The first-order valence-corrected chi connectivity index (χ1v) is 11.4. The molecule has 0 heterocycles. The summed E-state index contributed by atoms with van der Waals surface area (Å²) in [5, 5.41) is 0. The van der Waals surface area contributed by atoms with Crippen LogP contribution in [0.5, 0.6) is 0 Å². The number of allylic oxidation sites excluding steroid dienone is 1. The second kappa shape index (κ2) is 6.05. The van der Waals surface area contributed by atoms with Crippen LogP contribution in [-0.4, -0.2) is 6.71 Å². The van der Waals surface area contributed by atoms with E-state index in [1.54, 1.807) is 5.54 Å². The minimum Gasteiger partial charge on any atom is -0.0933 e. The number of halogens is 1. The van der Waals surface area contributed by atoms with Crippen LogP contribution in [-0.2, 0) is 0 Å². The zero-order valence-corrected chi connectivity index (χ0v) is 18.0. The molecular weight excluding hydrogens is 323 g/mol. The molecular formula is C23H38BCl. The maximum atomic E-state index is 5.98. The molecule has 2 heteroatoms. The lowest BCUT2D eigenvalue weighted by Crippen LogP contribution is -2.59. The fourth-order valence-electron chi connectivity index (χ4n) is 8.39. The molecule has 6 aliphatic carbocycles. The molecule has 0 N–H and O–H groups in total. The van der Waals surface area contributed by atoms with Crippen LogP contribution in [0.3, 0.4) is 0 Å². The SMILES string of the molecule is C[C@H]1[C@H]2C[C@H](C[C@H]1B(C/C=C\Cl)[C@@H]1C[C@H]3C[C@H]([C@@H]1C)C3(C)C)C2(C)C. The van der Waals surface area contributed by atoms with Crippen molar-refractivity contribution in [1.29, 1.82) is 0 Å². The lowest BCUT2D eigenvalue weighted by Gasteiger charge is -2.66. The number of hydrogen-bond acceptors (Lipinski definition) is 0. The van der Waals surface area contributed by atoms with Gasteiger partial charge < -0.3 is 0 Å². The van der Waals surface area contributed by atoms with Crippen LogP contribution < -0.4 is 0 Å². The summed E-state index contributed by atoms with van der Waals surface area (Å²) in [7, 11) is 0. The maximum Gasteiger partial charge on any atom is 0.150 e. The van der Waals surface area contributed by atoms with E-state index < -0.39 is 0 Å². The summed E-state index contributed by atoms with van der Waals surface area (Å²) < 4.78 is 0. The molecule has 140 valence electrons. The Morgan fingerprint density at radius 1 is 0.840 bits per heavy atom. The average molecular weight is 361 g/mol. The average Bonchev–Trinajstić information content (AvgIpc) is 2.56. The van der Waals surface area contributed by atoms with Gasteiger partial charge in [0.15, 0.2) is 6.71 Å². The molecule has 6 aliphatic rings. The van der Waals surface area contributed by atoms with Crippen LogP contribution in [0, 0.1) is 46.3 Å². The normalized spacial score (nSPS) is 49.4. The first kappa shape index (κ1) is 18.5. The Hall–Kier alpha value is 0.0949. The van der Waals surface area contributed by atoms with E-state index in [2.05, 4.69) is 47.6 Å². The highest BCUT2D eigenvalue weighted by Gasteiger charge is 2.61. The molecule has 0 spiro atoms. The predicted octanol–water partition coefficient (Wildman–Crippen LogP) is 7.38. The number of rotatable bonds is 4. The molecule has 0 amide bonds. The highest BCUT2D eigenvalue weighted by molar-refractivity contribution is 6.63. The topological polar surface area (TPSA) is 0 Å². The molecule has 0 aromatic rings. The Bertz CT molecular complexity index is 508. The fraction of sp³-hybridized carbons (Fsp3) is 0.913. The third-order valence-corrected chi connectivity index (χ3v) is 10.6. The van der Waals surface area contributed by atoms with Crippen molar-refractivity contribution >= 4 is 18.3 Å². The van der Waals surface area contributed by atoms with Crippen LogP contribution in [0.1, 0.15) is 67.2 Å². The minimum absolute atomic E-state index is 0.602. The minimum atomic E-state index is 0.602. The van der Waals surface area contributed by atoms with Gasteiger partial charge in [-0.1, -0.05) is 90.0 Å². The summed E-state index contributed by atoms with van der Waals surface area (Å²) in [6, 6.07) is 0. The van der Waals surface area contributed by atoms with Crippen LogP contribution in [0.2, 0.25) is 18.0 Å². The molecule has 0 saturated heterocycles. The summed E-state index contributed by atoms with van der Waals surface area (Å²) >= 11 is 5.98. The molecule has 0 aliphatic heterocycles. The largest absolute Gasteiger partial charge is 0.150 e. The van der Waals surface area contributed by atoms with Crippen molar-refractivity contribution in [3.63, 3.8) is 0 Å². The van der Waals surface area contributed by atoms with Crippen LogP contribution in [0.25, 0.3) is 0 Å². The predicted molar refractivity (Wildman–Crippen MR) is 111 cm³/mol. The van der Waals surface area contributed by atoms with E-state index in [-0.39, 0.29) is 0 Å². The van der Waals surface area contributed by atoms with Gasteiger partial charge in [0, 0.05) is 0 Å². The summed E-state index contributed by atoms with van der Waals surface area (Å²) in [6.45, 7) is 16.2. The Morgan fingerprint density at radius 2 is 1.28 bits per heavy atom. The van der Waals surface area contributed by atoms with Gasteiger partial charge in [-0.15, -0.1) is 0 Å². The Labute approximate surface area is 161 Å². The van der Waals surface area contributed by atoms with Gasteiger partial charge >= 0.3 is 0 Å². The molecule has 0 nitrogen and oxygen atoms in total. The molecule has 0 unspecified atom stereocenters. The molecule has 6 saturated carbocycles. The van der Waals surface area contributed by atoms with Crippen molar-refractivity contribution in [2.24, 2.45) is 46.3 Å². The Morgan fingerprint density at radius 3 is 1.60 bits per heavy atom. The zero-order chi connectivity index (χ0) is 18.1. The van der Waals surface area contributed by atoms with E-state index in [9.17, 15) is 0 Å². The van der Waals surface area contributed by atoms with Gasteiger partial charge in [0.1, 0.15) is 0 Å². The maximum absolute atomic E-state index is 5.98. The third kappa shape index (κ3) is 2.54. The van der Waals surface area contributed by atoms with Crippen molar-refractivity contribution in [2.45, 2.75) is 85.2 Å². The summed E-state index contributed by atoms with van der Waals surface area (Å²) in [5.74, 6) is 7.53. The van der Waals surface area contributed by atoms with Crippen LogP contribution in [0.4, 0.5) is 0 Å². The second-order valence-corrected chi connectivity index (χ2v) is 11.8. The van der Waals surface area contributed by atoms with Crippen molar-refractivity contribution in [1.82, 2.24) is 0 Å². The third-order valence-electron chi connectivity index (χ3n) is 10.4. The Kier molecular flexibility index (Phi) is 4.47. The molecule has 4 bridgehead atoms. The van der Waals surface area contributed by atoms with Crippen molar-refractivity contribution in [2.75, 3.05) is 0 Å². The molecule has 0 radical (unpaired) electrons. The van der Waals surface area contributed by atoms with E-state index in [1.807, 2.05) is 0 Å². The number of fused-ring (bicyclic) bond motifs is 4. The van der Waals surface area contributed by atoms with E-state index in [0.29, 0.717) is 10.8 Å². The van der Waals surface area contributed by atoms with Crippen molar-refractivity contribution in [3.05, 3.63) is 11.6 Å². The van der Waals surface area contributed by atoms with Gasteiger partial charge in [0.05, 0.1) is 0 Å². The van der Waals surface area contributed by atoms with Crippen LogP contribution in [0.15, 0.2) is 11.6 Å². The van der Waals surface area contributed by atoms with E-state index in [4.69, 9.17) is 11.6 Å². The molecule has 0 aromatic heterocycles. The lowest BCUT2D eigenvalue weighted by atomic mass is 9.20. The zero-order valence-electron chi connectivity index (χ0n) is 17.3. The van der Waals surface area contributed by atoms with Gasteiger partial charge in [-0.3, -0.25) is 0 Å². The molecule has 25 heavy (non-hydrogen) atoms. The lowest BCUT2D eigenvalue weighted by molar-refractivity contribution is -0.107. The quantitative estimate of drug-likeness (QED) is 0.459. The monoisotopic (exact) mass is 360 g/mol. The summed E-state index contributed by atoms with van der Waals surface area (Å²) in [4.78, 5) is 0. The van der Waals surface area contributed by atoms with Gasteiger partial charge in [0.2, 0.25) is 0 Å². The van der Waals surface area contributed by atoms with Gasteiger partial charge in [-0.25, -0.2) is 0 Å². The fourth-order valence-corrected chi connectivity index (χ4v) is 8.49. The second-order valence-electron chi connectivity index (χ2n) is 11.5. The van der Waals surface area contributed by atoms with E-state index >= 15 is 0 Å². The molecule has 0 aromatic carbocycles. The summed E-state index contributed by atoms with van der Waals surface area (Å²) in [5.41, 5.74) is 2.99. The van der Waals surface area contributed by atoms with Crippen molar-refractivity contribution in [3.8, 4) is 0 Å². The Balaban J connectivity index is 1.56. The van der Waals surface area contributed by atoms with Crippen molar-refractivity contribution < 1.29 is 0 Å². The highest BCUT2D eigenvalue weighted by atomic mass is 35.5. The number of hydrogen-bond donors (Lipinski definition) is 0. The molecule has 6 rings (SSSR count). The van der Waals surface area contributed by atoms with E-state index in [1.165, 1.54) is 32.0 Å². The smallest absolute Gasteiger partial charge is 0.0933 e. The first-order valence-electron chi connectivity index (χ1n) is 10.9. The molecule has 6 fully saturated rings. The standard InChI is InChI=1S/C23H38BCl/c1-14-18-10-16(22(18,3)4)12-20(14)24(8-7-9-25)21-13-17-11-19(15(21)2)23(17,5)6/h7,9,14-21H,8,10-13H2,1-6H3/b9-7-/t14-,15-,16+,17+,18+,19+,20+,21+/m0/s1. The van der Waals surface area contributed by atoms with E-state index in [0.717, 1.165) is 53.9 Å².